The predicted octanol–water partition coefficient (Wildman–Crippen LogP) is 7.63. The predicted molar refractivity (Wildman–Crippen MR) is 154 cm³/mol. The Morgan fingerprint density at radius 1 is 0.846 bits per heavy atom. The van der Waals surface area contributed by atoms with Crippen LogP contribution in [0.25, 0.3) is 0 Å². The number of rotatable bonds is 6. The van der Waals surface area contributed by atoms with Gasteiger partial charge in [0, 0.05) is 52.9 Å². The summed E-state index contributed by atoms with van der Waals surface area (Å²) >= 11 is 6.02. The van der Waals surface area contributed by atoms with Crippen LogP contribution in [0.4, 0.5) is 0 Å². The average molecular weight is 548 g/mol. The molecular weight excluding hydrogens is 510 g/mol. The molecule has 0 N–H and O–H groups in total. The van der Waals surface area contributed by atoms with Gasteiger partial charge in [-0.25, -0.2) is 0 Å². The van der Waals surface area contributed by atoms with E-state index in [9.17, 15) is 9.59 Å². The number of Topliss-reactive ketones (excluding diaryl/α,β-unsaturated/α-hetero) is 2. The van der Waals surface area contributed by atoms with Crippen LogP contribution in [0.1, 0.15) is 77.3 Å². The van der Waals surface area contributed by atoms with Gasteiger partial charge < -0.3 is 14.4 Å². The third-order valence-electron chi connectivity index (χ3n) is 8.17. The van der Waals surface area contributed by atoms with Gasteiger partial charge >= 0.3 is 0 Å². The molecule has 0 amide bonds. The number of halogens is 1. The molecule has 0 radical (unpaired) electrons. The second kappa shape index (κ2) is 10.2. The maximum atomic E-state index is 13.8. The van der Waals surface area contributed by atoms with E-state index < -0.39 is 5.92 Å². The van der Waals surface area contributed by atoms with Gasteiger partial charge in [-0.1, -0.05) is 57.5 Å². The van der Waals surface area contributed by atoms with Gasteiger partial charge in [0.1, 0.15) is 6.61 Å². The second-order valence-electron chi connectivity index (χ2n) is 12.6. The first-order chi connectivity index (χ1) is 18.4. The first-order valence-corrected chi connectivity index (χ1v) is 14.2. The number of hydrogen-bond donors (Lipinski definition) is 0. The Bertz CT molecular complexity index is 1330. The van der Waals surface area contributed by atoms with E-state index in [1.807, 2.05) is 42.5 Å². The molecule has 0 fully saturated rings. The molecule has 6 heteroatoms. The number of benzene rings is 2. The molecule has 2 aromatic rings. The van der Waals surface area contributed by atoms with Crippen LogP contribution >= 0.6 is 11.6 Å². The molecule has 2 aromatic carbocycles. The Hall–Kier alpha value is -3.05. The fraction of sp³-hybridized carbons (Fsp3) is 0.455. The van der Waals surface area contributed by atoms with E-state index in [0.717, 1.165) is 53.1 Å². The van der Waals surface area contributed by atoms with Crippen molar-refractivity contribution >= 4 is 23.2 Å². The molecule has 0 atom stereocenters. The van der Waals surface area contributed by atoms with Crippen LogP contribution in [0, 0.1) is 10.8 Å². The molecule has 1 aliphatic heterocycles. The lowest BCUT2D eigenvalue weighted by Crippen LogP contribution is -2.44. The minimum Gasteiger partial charge on any atom is -0.493 e. The number of ketones is 2. The largest absolute Gasteiger partial charge is 0.493 e. The third kappa shape index (κ3) is 5.26. The SMILES string of the molecule is CCN1C2=C(C(=O)CC(C)(C)C2)C(c2ccc(OCc3ccc(Cl)cc3)c(OC)c2)C2=C1CC(C)(C)CC2=O. The monoisotopic (exact) mass is 547 g/mol. The van der Waals surface area contributed by atoms with E-state index in [4.69, 9.17) is 21.1 Å². The van der Waals surface area contributed by atoms with E-state index in [2.05, 4.69) is 39.5 Å². The van der Waals surface area contributed by atoms with Crippen molar-refractivity contribution in [2.45, 2.75) is 72.8 Å². The lowest BCUT2D eigenvalue weighted by molar-refractivity contribution is -0.119. The molecule has 0 spiro atoms. The van der Waals surface area contributed by atoms with Crippen molar-refractivity contribution in [3.05, 3.63) is 81.2 Å². The summed E-state index contributed by atoms with van der Waals surface area (Å²) in [5.74, 6) is 1.06. The maximum Gasteiger partial charge on any atom is 0.162 e. The van der Waals surface area contributed by atoms with E-state index in [1.54, 1.807) is 7.11 Å². The standard InChI is InChI=1S/C33H38ClNO4/c1-7-35-23-15-32(2,3)17-25(36)30(23)29(31-24(35)16-33(4,5)18-26(31)37)21-10-13-27(28(14-21)38-6)39-19-20-8-11-22(34)12-9-20/h8-14,29H,7,15-19H2,1-6H3. The Morgan fingerprint density at radius 3 is 1.92 bits per heavy atom. The van der Waals surface area contributed by atoms with Gasteiger partial charge in [-0.15, -0.1) is 0 Å². The second-order valence-corrected chi connectivity index (χ2v) is 13.0. The summed E-state index contributed by atoms with van der Waals surface area (Å²) in [7, 11) is 1.62. The number of methoxy groups -OCH3 is 1. The molecule has 2 aliphatic carbocycles. The maximum absolute atomic E-state index is 13.8. The van der Waals surface area contributed by atoms with Gasteiger partial charge in [0.2, 0.25) is 0 Å². The lowest BCUT2D eigenvalue weighted by atomic mass is 9.63. The summed E-state index contributed by atoms with van der Waals surface area (Å²) < 4.78 is 11.9. The zero-order valence-corrected chi connectivity index (χ0v) is 24.6. The molecule has 5 rings (SSSR count). The normalized spacial score (nSPS) is 20.6. The smallest absolute Gasteiger partial charge is 0.162 e. The minimum absolute atomic E-state index is 0.128. The van der Waals surface area contributed by atoms with Crippen LogP contribution in [-0.4, -0.2) is 30.1 Å². The van der Waals surface area contributed by atoms with Gasteiger partial charge in [-0.2, -0.15) is 0 Å². The molecule has 0 aromatic heterocycles. The van der Waals surface area contributed by atoms with Crippen LogP contribution in [0.2, 0.25) is 5.02 Å². The van der Waals surface area contributed by atoms with E-state index >= 15 is 0 Å². The topological polar surface area (TPSA) is 55.8 Å². The number of hydrogen-bond acceptors (Lipinski definition) is 5. The summed E-state index contributed by atoms with van der Waals surface area (Å²) in [4.78, 5) is 29.9. The van der Waals surface area contributed by atoms with Crippen LogP contribution in [0.5, 0.6) is 11.5 Å². The summed E-state index contributed by atoms with van der Waals surface area (Å²) in [6.45, 7) is 11.9. The van der Waals surface area contributed by atoms with Crippen LogP contribution in [0.3, 0.4) is 0 Å². The average Bonchev–Trinajstić information content (AvgIpc) is 2.85. The molecule has 0 saturated heterocycles. The molecule has 0 unspecified atom stereocenters. The van der Waals surface area contributed by atoms with Gasteiger partial charge in [-0.05, 0) is 66.0 Å². The van der Waals surface area contributed by atoms with Crippen molar-refractivity contribution in [1.82, 2.24) is 4.90 Å². The van der Waals surface area contributed by atoms with Crippen LogP contribution in [-0.2, 0) is 16.2 Å². The number of carbonyl (C=O) groups excluding carboxylic acids is 2. The van der Waals surface area contributed by atoms with Crippen LogP contribution in [0.15, 0.2) is 65.0 Å². The van der Waals surface area contributed by atoms with Gasteiger partial charge in [-0.3, -0.25) is 9.59 Å². The van der Waals surface area contributed by atoms with Crippen molar-refractivity contribution in [3.8, 4) is 11.5 Å². The van der Waals surface area contributed by atoms with Gasteiger partial charge in [0.05, 0.1) is 7.11 Å². The number of nitrogens with zero attached hydrogens (tertiary/aromatic N) is 1. The van der Waals surface area contributed by atoms with E-state index in [-0.39, 0.29) is 22.4 Å². The molecule has 0 bridgehead atoms. The molecule has 39 heavy (non-hydrogen) atoms. The van der Waals surface area contributed by atoms with Crippen LogP contribution < -0.4 is 9.47 Å². The van der Waals surface area contributed by atoms with Crippen molar-refractivity contribution in [2.24, 2.45) is 10.8 Å². The van der Waals surface area contributed by atoms with Crippen molar-refractivity contribution in [1.29, 1.82) is 0 Å². The quantitative estimate of drug-likeness (QED) is 0.372. The molecule has 206 valence electrons. The van der Waals surface area contributed by atoms with Crippen molar-refractivity contribution in [2.75, 3.05) is 13.7 Å². The lowest BCUT2D eigenvalue weighted by Gasteiger charge is -2.48. The fourth-order valence-electron chi connectivity index (χ4n) is 6.49. The Balaban J connectivity index is 1.60. The summed E-state index contributed by atoms with van der Waals surface area (Å²) in [6.07, 6.45) is 2.57. The molecular formula is C33H38ClNO4. The van der Waals surface area contributed by atoms with Crippen molar-refractivity contribution in [3.63, 3.8) is 0 Å². The molecule has 0 saturated carbocycles. The first-order valence-electron chi connectivity index (χ1n) is 13.8. The highest BCUT2D eigenvalue weighted by atomic mass is 35.5. The van der Waals surface area contributed by atoms with Crippen molar-refractivity contribution < 1.29 is 19.1 Å². The Labute approximate surface area is 236 Å². The third-order valence-corrected chi connectivity index (χ3v) is 8.42. The number of carbonyl (C=O) groups is 2. The zero-order chi connectivity index (χ0) is 28.1. The highest BCUT2D eigenvalue weighted by Gasteiger charge is 2.48. The Kier molecular flexibility index (Phi) is 7.17. The molecule has 3 aliphatic rings. The minimum atomic E-state index is -0.399. The van der Waals surface area contributed by atoms with Gasteiger partial charge in [0.15, 0.2) is 23.1 Å². The van der Waals surface area contributed by atoms with E-state index in [1.165, 1.54) is 0 Å². The van der Waals surface area contributed by atoms with Gasteiger partial charge in [0.25, 0.3) is 0 Å². The molecule has 5 nitrogen and oxygen atoms in total. The first kappa shape index (κ1) is 27.5. The summed E-state index contributed by atoms with van der Waals surface area (Å²) in [5, 5.41) is 0.679. The Morgan fingerprint density at radius 2 is 1.41 bits per heavy atom. The summed E-state index contributed by atoms with van der Waals surface area (Å²) in [5.41, 5.74) is 5.34. The number of ether oxygens (including phenoxy) is 2. The van der Waals surface area contributed by atoms with E-state index in [0.29, 0.717) is 36.0 Å². The highest BCUT2D eigenvalue weighted by molar-refractivity contribution is 6.30. The number of allylic oxidation sites excluding steroid dienone is 4. The summed E-state index contributed by atoms with van der Waals surface area (Å²) in [6, 6.07) is 13.4. The molecule has 1 heterocycles. The fourth-order valence-corrected chi connectivity index (χ4v) is 6.61. The highest BCUT2D eigenvalue weighted by Crippen LogP contribution is 2.54. The zero-order valence-electron chi connectivity index (χ0n) is 23.8.